The van der Waals surface area contributed by atoms with E-state index >= 15 is 0 Å². The van der Waals surface area contributed by atoms with Crippen LogP contribution in [0.3, 0.4) is 0 Å². The first-order valence-corrected chi connectivity index (χ1v) is 10.3. The first-order chi connectivity index (χ1) is 14.4. The number of amides is 2. The van der Waals surface area contributed by atoms with Crippen LogP contribution < -0.4 is 9.47 Å². The van der Waals surface area contributed by atoms with Crippen molar-refractivity contribution in [1.29, 1.82) is 0 Å². The standard InChI is InChI=1S/C22H19ClFNO4S/c1-3-10-29-18-9-8-14(11-19(18)28-4-2)12-20-21(26)25(22(27)30-20)13-15-16(23)6-5-7-17(15)24/h3,5-9,11-12H,1,4,10,13H2,2H3/b20-12+. The van der Waals surface area contributed by atoms with Crippen molar-refractivity contribution in [3.05, 3.63) is 75.9 Å². The highest BCUT2D eigenvalue weighted by Crippen LogP contribution is 2.36. The van der Waals surface area contributed by atoms with Crippen LogP contribution in [0.4, 0.5) is 9.18 Å². The summed E-state index contributed by atoms with van der Waals surface area (Å²) < 4.78 is 25.2. The minimum absolute atomic E-state index is 0.102. The van der Waals surface area contributed by atoms with Gasteiger partial charge in [-0.15, -0.1) is 0 Å². The molecule has 3 rings (SSSR count). The number of carbonyl (C=O) groups excluding carboxylic acids is 2. The molecule has 1 heterocycles. The summed E-state index contributed by atoms with van der Waals surface area (Å²) in [5.74, 6) is -0.00192. The van der Waals surface area contributed by atoms with Crippen molar-refractivity contribution in [3.8, 4) is 11.5 Å². The normalized spacial score (nSPS) is 15.0. The van der Waals surface area contributed by atoms with Gasteiger partial charge in [0.15, 0.2) is 11.5 Å². The number of rotatable bonds is 8. The molecule has 0 bridgehead atoms. The molecule has 0 atom stereocenters. The molecule has 30 heavy (non-hydrogen) atoms. The number of imide groups is 1. The molecule has 156 valence electrons. The molecule has 0 aliphatic carbocycles. The van der Waals surface area contributed by atoms with E-state index < -0.39 is 17.0 Å². The van der Waals surface area contributed by atoms with Gasteiger partial charge in [0.05, 0.1) is 18.1 Å². The van der Waals surface area contributed by atoms with Gasteiger partial charge in [-0.25, -0.2) is 4.39 Å². The van der Waals surface area contributed by atoms with Crippen molar-refractivity contribution < 1.29 is 23.5 Å². The summed E-state index contributed by atoms with van der Waals surface area (Å²) in [6.45, 7) is 6.01. The Morgan fingerprint density at radius 3 is 2.70 bits per heavy atom. The smallest absolute Gasteiger partial charge is 0.293 e. The van der Waals surface area contributed by atoms with E-state index in [0.29, 0.717) is 30.3 Å². The zero-order chi connectivity index (χ0) is 21.7. The molecule has 8 heteroatoms. The summed E-state index contributed by atoms with van der Waals surface area (Å²) in [7, 11) is 0. The molecule has 0 spiro atoms. The van der Waals surface area contributed by atoms with Crippen LogP contribution >= 0.6 is 23.4 Å². The molecule has 5 nitrogen and oxygen atoms in total. The summed E-state index contributed by atoms with van der Waals surface area (Å²) in [5, 5.41) is -0.323. The zero-order valence-corrected chi connectivity index (χ0v) is 17.8. The van der Waals surface area contributed by atoms with Crippen LogP contribution in [0.1, 0.15) is 18.1 Å². The van der Waals surface area contributed by atoms with Gasteiger partial charge in [-0.3, -0.25) is 14.5 Å². The monoisotopic (exact) mass is 447 g/mol. The molecule has 1 saturated heterocycles. The number of hydrogen-bond acceptors (Lipinski definition) is 5. The van der Waals surface area contributed by atoms with Crippen molar-refractivity contribution in [2.75, 3.05) is 13.2 Å². The van der Waals surface area contributed by atoms with E-state index in [2.05, 4.69) is 6.58 Å². The number of thioether (sulfide) groups is 1. The van der Waals surface area contributed by atoms with Crippen molar-refractivity contribution in [3.63, 3.8) is 0 Å². The Balaban J connectivity index is 1.84. The Hall–Kier alpha value is -2.77. The Morgan fingerprint density at radius 2 is 2.00 bits per heavy atom. The van der Waals surface area contributed by atoms with Gasteiger partial charge in [0.2, 0.25) is 0 Å². The van der Waals surface area contributed by atoms with Gasteiger partial charge in [-0.05, 0) is 54.6 Å². The quantitative estimate of drug-likeness (QED) is 0.385. The molecular formula is C22H19ClFNO4S. The molecule has 2 aromatic rings. The summed E-state index contributed by atoms with van der Waals surface area (Å²) >= 11 is 6.82. The topological polar surface area (TPSA) is 55.8 Å². The number of halogens is 2. The van der Waals surface area contributed by atoms with Gasteiger partial charge in [-0.2, -0.15) is 0 Å². The van der Waals surface area contributed by atoms with E-state index in [1.807, 2.05) is 6.92 Å². The maximum atomic E-state index is 14.1. The molecule has 1 aliphatic heterocycles. The van der Waals surface area contributed by atoms with Gasteiger partial charge >= 0.3 is 0 Å². The largest absolute Gasteiger partial charge is 0.490 e. The highest BCUT2D eigenvalue weighted by molar-refractivity contribution is 8.18. The number of ether oxygens (including phenoxy) is 2. The fourth-order valence-electron chi connectivity index (χ4n) is 2.78. The molecule has 0 N–H and O–H groups in total. The molecule has 1 aliphatic rings. The van der Waals surface area contributed by atoms with Crippen molar-refractivity contribution in [1.82, 2.24) is 4.90 Å². The lowest BCUT2D eigenvalue weighted by Crippen LogP contribution is -2.28. The van der Waals surface area contributed by atoms with Gasteiger partial charge < -0.3 is 9.47 Å². The summed E-state index contributed by atoms with van der Waals surface area (Å²) in [4.78, 5) is 26.3. The van der Waals surface area contributed by atoms with E-state index in [-0.39, 0.29) is 22.0 Å². The molecular weight excluding hydrogens is 429 g/mol. The highest BCUT2D eigenvalue weighted by Gasteiger charge is 2.35. The van der Waals surface area contributed by atoms with Crippen LogP contribution in [-0.2, 0) is 11.3 Å². The maximum Gasteiger partial charge on any atom is 0.293 e. The van der Waals surface area contributed by atoms with E-state index in [0.717, 1.165) is 16.7 Å². The molecule has 1 fully saturated rings. The third kappa shape index (κ3) is 4.86. The van der Waals surface area contributed by atoms with Crippen LogP contribution in [0.15, 0.2) is 54.0 Å². The number of benzene rings is 2. The molecule has 2 aromatic carbocycles. The van der Waals surface area contributed by atoms with E-state index in [1.165, 1.54) is 18.2 Å². The number of nitrogens with zero attached hydrogens (tertiary/aromatic N) is 1. The van der Waals surface area contributed by atoms with E-state index in [9.17, 15) is 14.0 Å². The third-order valence-corrected chi connectivity index (χ3v) is 5.44. The van der Waals surface area contributed by atoms with Gasteiger partial charge in [0, 0.05) is 10.6 Å². The Labute approximate surface area is 183 Å². The van der Waals surface area contributed by atoms with Gasteiger partial charge in [0.1, 0.15) is 12.4 Å². The minimum atomic E-state index is -0.568. The lowest BCUT2D eigenvalue weighted by molar-refractivity contribution is -0.123. The average Bonchev–Trinajstić information content (AvgIpc) is 2.97. The van der Waals surface area contributed by atoms with Crippen LogP contribution in [0.5, 0.6) is 11.5 Å². The second-order valence-corrected chi connectivity index (χ2v) is 7.61. The van der Waals surface area contributed by atoms with E-state index in [1.54, 1.807) is 30.4 Å². The number of carbonyl (C=O) groups is 2. The molecule has 0 unspecified atom stereocenters. The molecule has 0 radical (unpaired) electrons. The minimum Gasteiger partial charge on any atom is -0.490 e. The van der Waals surface area contributed by atoms with Crippen LogP contribution in [-0.4, -0.2) is 29.3 Å². The third-order valence-electron chi connectivity index (χ3n) is 4.17. The summed E-state index contributed by atoms with van der Waals surface area (Å²) in [6, 6.07) is 9.42. The fraction of sp³-hybridized carbons (Fsp3) is 0.182. The first kappa shape index (κ1) is 21.9. The van der Waals surface area contributed by atoms with Crippen molar-refractivity contribution in [2.24, 2.45) is 0 Å². The SMILES string of the molecule is C=CCOc1ccc(/C=C2/SC(=O)N(Cc3c(F)cccc3Cl)C2=O)cc1OCC. The Bertz CT molecular complexity index is 1000. The predicted octanol–water partition coefficient (Wildman–Crippen LogP) is 5.68. The van der Waals surface area contributed by atoms with Crippen molar-refractivity contribution >= 4 is 40.6 Å². The zero-order valence-electron chi connectivity index (χ0n) is 16.2. The maximum absolute atomic E-state index is 14.1. The molecule has 0 aromatic heterocycles. The van der Waals surface area contributed by atoms with Crippen LogP contribution in [0.2, 0.25) is 5.02 Å². The van der Waals surface area contributed by atoms with Crippen LogP contribution in [0.25, 0.3) is 6.08 Å². The van der Waals surface area contributed by atoms with E-state index in [4.69, 9.17) is 21.1 Å². The molecule has 2 amide bonds. The Morgan fingerprint density at radius 1 is 1.20 bits per heavy atom. The lowest BCUT2D eigenvalue weighted by Gasteiger charge is -2.14. The first-order valence-electron chi connectivity index (χ1n) is 9.13. The highest BCUT2D eigenvalue weighted by atomic mass is 35.5. The average molecular weight is 448 g/mol. The number of hydrogen-bond donors (Lipinski definition) is 0. The summed E-state index contributed by atoms with van der Waals surface area (Å²) in [5.41, 5.74) is 0.767. The van der Waals surface area contributed by atoms with Crippen molar-refractivity contribution in [2.45, 2.75) is 13.5 Å². The van der Waals surface area contributed by atoms with Crippen LogP contribution in [0, 0.1) is 5.82 Å². The molecule has 0 saturated carbocycles. The summed E-state index contributed by atoms with van der Waals surface area (Å²) in [6.07, 6.45) is 3.22. The Kier molecular flexibility index (Phi) is 7.18. The lowest BCUT2D eigenvalue weighted by atomic mass is 10.1. The predicted molar refractivity (Wildman–Crippen MR) is 116 cm³/mol. The second-order valence-electron chi connectivity index (χ2n) is 6.21. The second kappa shape index (κ2) is 9.82. The van der Waals surface area contributed by atoms with Gasteiger partial charge in [0.25, 0.3) is 11.1 Å². The van der Waals surface area contributed by atoms with Gasteiger partial charge in [-0.1, -0.05) is 36.4 Å². The fourth-order valence-corrected chi connectivity index (χ4v) is 3.84.